The Morgan fingerprint density at radius 2 is 1.57 bits per heavy atom. The molecule has 0 radical (unpaired) electrons. The van der Waals surface area contributed by atoms with E-state index in [9.17, 15) is 22.8 Å². The minimum atomic E-state index is -4.55. The molecule has 0 spiro atoms. The standard InChI is InChI=1S/C19H16Cl2F3N3O3/c20-13-8-12(9-14(21)10-13)17(28)26-4-6-27(7-5-26)18(29)15-2-1-3-25-16(15)30-11-19(22,23)24/h1-3,8-10H,4-7,11H2. The average molecular weight is 462 g/mol. The van der Waals surface area contributed by atoms with Gasteiger partial charge in [0.05, 0.1) is 0 Å². The number of hydrogen-bond acceptors (Lipinski definition) is 4. The lowest BCUT2D eigenvalue weighted by Gasteiger charge is -2.35. The van der Waals surface area contributed by atoms with Gasteiger partial charge in [-0.15, -0.1) is 0 Å². The molecule has 2 heterocycles. The Balaban J connectivity index is 1.65. The second kappa shape index (κ2) is 9.09. The second-order valence-electron chi connectivity index (χ2n) is 6.50. The van der Waals surface area contributed by atoms with Crippen LogP contribution in [0.2, 0.25) is 10.0 Å². The third-order valence-corrected chi connectivity index (χ3v) is 4.77. The normalized spacial score (nSPS) is 14.6. The van der Waals surface area contributed by atoms with Gasteiger partial charge in [0.25, 0.3) is 11.8 Å². The molecule has 3 rings (SSSR count). The lowest BCUT2D eigenvalue weighted by atomic mass is 10.1. The Morgan fingerprint density at radius 1 is 1.00 bits per heavy atom. The van der Waals surface area contributed by atoms with Crippen LogP contribution in [-0.2, 0) is 0 Å². The van der Waals surface area contributed by atoms with Crippen molar-refractivity contribution in [3.8, 4) is 5.88 Å². The number of carbonyl (C=O) groups is 2. The highest BCUT2D eigenvalue weighted by Crippen LogP contribution is 2.23. The zero-order valence-electron chi connectivity index (χ0n) is 15.5. The number of rotatable bonds is 4. The molecular weight excluding hydrogens is 446 g/mol. The molecule has 2 aromatic rings. The van der Waals surface area contributed by atoms with Crippen LogP contribution in [-0.4, -0.2) is 65.6 Å². The molecule has 2 amide bonds. The molecular formula is C19H16Cl2F3N3O3. The first-order chi connectivity index (χ1) is 14.1. The molecule has 6 nitrogen and oxygen atoms in total. The number of ether oxygens (including phenoxy) is 1. The van der Waals surface area contributed by atoms with Crippen molar-refractivity contribution in [3.05, 3.63) is 57.7 Å². The van der Waals surface area contributed by atoms with E-state index >= 15 is 0 Å². The highest BCUT2D eigenvalue weighted by molar-refractivity contribution is 6.35. The van der Waals surface area contributed by atoms with Crippen molar-refractivity contribution in [2.75, 3.05) is 32.8 Å². The quantitative estimate of drug-likeness (QED) is 0.691. The Labute approximate surface area is 180 Å². The summed E-state index contributed by atoms with van der Waals surface area (Å²) in [6.45, 7) is -0.658. The molecule has 1 aromatic heterocycles. The van der Waals surface area contributed by atoms with Gasteiger partial charge in [-0.3, -0.25) is 9.59 Å². The molecule has 0 unspecified atom stereocenters. The fourth-order valence-electron chi connectivity index (χ4n) is 2.96. The molecule has 1 aliphatic heterocycles. The Morgan fingerprint density at radius 3 is 2.13 bits per heavy atom. The molecule has 1 fully saturated rings. The number of carbonyl (C=O) groups excluding carboxylic acids is 2. The molecule has 1 aliphatic rings. The fourth-order valence-corrected chi connectivity index (χ4v) is 3.49. The van der Waals surface area contributed by atoms with Crippen LogP contribution in [0.1, 0.15) is 20.7 Å². The third-order valence-electron chi connectivity index (χ3n) is 4.34. The summed E-state index contributed by atoms with van der Waals surface area (Å²) < 4.78 is 42.0. The van der Waals surface area contributed by atoms with Gasteiger partial charge < -0.3 is 14.5 Å². The molecule has 160 valence electrons. The molecule has 11 heteroatoms. The number of amides is 2. The lowest BCUT2D eigenvalue weighted by molar-refractivity contribution is -0.154. The molecule has 30 heavy (non-hydrogen) atoms. The van der Waals surface area contributed by atoms with E-state index in [0.717, 1.165) is 0 Å². The summed E-state index contributed by atoms with van der Waals surface area (Å²) in [5.74, 6) is -1.17. The monoisotopic (exact) mass is 461 g/mol. The van der Waals surface area contributed by atoms with Crippen molar-refractivity contribution in [3.63, 3.8) is 0 Å². The van der Waals surface area contributed by atoms with Crippen LogP contribution in [0.5, 0.6) is 5.88 Å². The van der Waals surface area contributed by atoms with Gasteiger partial charge in [-0.25, -0.2) is 4.98 Å². The number of alkyl halides is 3. The van der Waals surface area contributed by atoms with E-state index in [0.29, 0.717) is 15.6 Å². The van der Waals surface area contributed by atoms with Gasteiger partial charge in [0, 0.05) is 48.0 Å². The van der Waals surface area contributed by atoms with E-state index in [1.165, 1.54) is 41.4 Å². The van der Waals surface area contributed by atoms with Gasteiger partial charge in [-0.05, 0) is 30.3 Å². The van der Waals surface area contributed by atoms with Crippen molar-refractivity contribution in [1.29, 1.82) is 0 Å². The van der Waals surface area contributed by atoms with Gasteiger partial charge in [0.2, 0.25) is 5.88 Å². The zero-order valence-corrected chi connectivity index (χ0v) is 17.0. The maximum Gasteiger partial charge on any atom is 0.422 e. The second-order valence-corrected chi connectivity index (χ2v) is 7.38. The topological polar surface area (TPSA) is 62.7 Å². The van der Waals surface area contributed by atoms with Crippen molar-refractivity contribution in [2.45, 2.75) is 6.18 Å². The Hall–Kier alpha value is -2.52. The van der Waals surface area contributed by atoms with Gasteiger partial charge in [-0.1, -0.05) is 23.2 Å². The summed E-state index contributed by atoms with van der Waals surface area (Å²) in [4.78, 5) is 32.1. The van der Waals surface area contributed by atoms with E-state index < -0.39 is 18.7 Å². The number of halogens is 5. The highest BCUT2D eigenvalue weighted by atomic mass is 35.5. The molecule has 1 aromatic carbocycles. The number of nitrogens with zero attached hydrogens (tertiary/aromatic N) is 3. The summed E-state index contributed by atoms with van der Waals surface area (Å²) in [6.07, 6.45) is -3.30. The lowest BCUT2D eigenvalue weighted by Crippen LogP contribution is -2.50. The predicted molar refractivity (Wildman–Crippen MR) is 104 cm³/mol. The van der Waals surface area contributed by atoms with Crippen LogP contribution in [0.15, 0.2) is 36.5 Å². The van der Waals surface area contributed by atoms with E-state index in [1.54, 1.807) is 4.90 Å². The van der Waals surface area contributed by atoms with Crippen LogP contribution in [0, 0.1) is 0 Å². The van der Waals surface area contributed by atoms with Crippen LogP contribution in [0.25, 0.3) is 0 Å². The van der Waals surface area contributed by atoms with Gasteiger partial charge in [0.1, 0.15) is 5.56 Å². The molecule has 0 atom stereocenters. The van der Waals surface area contributed by atoms with Gasteiger partial charge in [0.15, 0.2) is 6.61 Å². The van der Waals surface area contributed by atoms with Crippen LogP contribution in [0.3, 0.4) is 0 Å². The molecule has 0 saturated carbocycles. The van der Waals surface area contributed by atoms with Crippen molar-refractivity contribution >= 4 is 35.0 Å². The first-order valence-corrected chi connectivity index (χ1v) is 9.59. The Kier molecular flexibility index (Phi) is 6.72. The molecule has 0 N–H and O–H groups in total. The first kappa shape index (κ1) is 22.2. The zero-order chi connectivity index (χ0) is 21.9. The van der Waals surface area contributed by atoms with E-state index in [-0.39, 0.29) is 43.5 Å². The summed E-state index contributed by atoms with van der Waals surface area (Å²) in [6, 6.07) is 7.33. The summed E-state index contributed by atoms with van der Waals surface area (Å²) >= 11 is 11.9. The minimum Gasteiger partial charge on any atom is -0.467 e. The van der Waals surface area contributed by atoms with E-state index in [1.807, 2.05) is 0 Å². The number of pyridine rings is 1. The van der Waals surface area contributed by atoms with Crippen LogP contribution < -0.4 is 4.74 Å². The van der Waals surface area contributed by atoms with Gasteiger partial charge in [-0.2, -0.15) is 13.2 Å². The number of aromatic nitrogens is 1. The first-order valence-electron chi connectivity index (χ1n) is 8.83. The fraction of sp³-hybridized carbons (Fsp3) is 0.316. The van der Waals surface area contributed by atoms with Gasteiger partial charge >= 0.3 is 6.18 Å². The van der Waals surface area contributed by atoms with E-state index in [4.69, 9.17) is 23.2 Å². The summed E-state index contributed by atoms with van der Waals surface area (Å²) in [5.41, 5.74) is 0.269. The molecule has 0 aliphatic carbocycles. The molecule has 1 saturated heterocycles. The van der Waals surface area contributed by atoms with Crippen molar-refractivity contribution in [2.24, 2.45) is 0 Å². The van der Waals surface area contributed by atoms with Crippen molar-refractivity contribution < 1.29 is 27.5 Å². The minimum absolute atomic E-state index is 0.0665. The smallest absolute Gasteiger partial charge is 0.422 e. The molecule has 0 bridgehead atoms. The summed E-state index contributed by atoms with van der Waals surface area (Å²) in [5, 5.41) is 0.672. The number of benzene rings is 1. The third kappa shape index (κ3) is 5.54. The summed E-state index contributed by atoms with van der Waals surface area (Å²) in [7, 11) is 0. The highest BCUT2D eigenvalue weighted by Gasteiger charge is 2.31. The van der Waals surface area contributed by atoms with Crippen molar-refractivity contribution in [1.82, 2.24) is 14.8 Å². The van der Waals surface area contributed by atoms with E-state index in [2.05, 4.69) is 9.72 Å². The van der Waals surface area contributed by atoms with Crippen LogP contribution in [0.4, 0.5) is 13.2 Å². The number of hydrogen-bond donors (Lipinski definition) is 0. The number of piperazine rings is 1. The Bertz CT molecular complexity index is 928. The maximum atomic E-state index is 12.8. The van der Waals surface area contributed by atoms with Crippen LogP contribution >= 0.6 is 23.2 Å². The maximum absolute atomic E-state index is 12.8. The SMILES string of the molecule is O=C(c1cc(Cl)cc(Cl)c1)N1CCN(C(=O)c2cccnc2OCC(F)(F)F)CC1. The average Bonchev–Trinajstić information content (AvgIpc) is 2.70. The largest absolute Gasteiger partial charge is 0.467 e. The predicted octanol–water partition coefficient (Wildman–Crippen LogP) is 3.93.